The van der Waals surface area contributed by atoms with E-state index in [1.165, 1.54) is 0 Å². The first-order valence-electron chi connectivity index (χ1n) is 9.35. The number of carbonyl (C=O) groups excluding carboxylic acids is 2. The number of rotatable bonds is 4. The van der Waals surface area contributed by atoms with Crippen molar-refractivity contribution in [2.45, 2.75) is 39.0 Å². The number of ketones is 1. The Morgan fingerprint density at radius 2 is 2.07 bits per heavy atom. The highest BCUT2D eigenvalue weighted by atomic mass is 16.7. The number of allylic oxidation sites excluding steroid dienone is 3. The van der Waals surface area contributed by atoms with Gasteiger partial charge in [-0.2, -0.15) is 0 Å². The van der Waals surface area contributed by atoms with Gasteiger partial charge >= 0.3 is 5.97 Å². The van der Waals surface area contributed by atoms with Gasteiger partial charge in [0.05, 0.1) is 18.1 Å². The maximum Gasteiger partial charge on any atom is 0.336 e. The van der Waals surface area contributed by atoms with Gasteiger partial charge in [-0.3, -0.25) is 4.79 Å². The molecule has 1 aromatic carbocycles. The lowest BCUT2D eigenvalue weighted by Crippen LogP contribution is -2.70. The van der Waals surface area contributed by atoms with Crippen LogP contribution < -0.4 is 20.3 Å². The molecule has 1 aliphatic carbocycles. The lowest BCUT2D eigenvalue weighted by Gasteiger charge is -2.34. The van der Waals surface area contributed by atoms with E-state index in [2.05, 4.69) is 5.32 Å². The van der Waals surface area contributed by atoms with Gasteiger partial charge in [0.2, 0.25) is 6.79 Å². The maximum atomic E-state index is 12.9. The molecule has 0 spiro atoms. The molecule has 0 bridgehead atoms. The fraction of sp³-hybridized carbons (Fsp3) is 0.400. The van der Waals surface area contributed by atoms with Crippen LogP contribution in [0, 0.1) is 5.21 Å². The van der Waals surface area contributed by atoms with Crippen molar-refractivity contribution in [3.05, 3.63) is 45.4 Å². The molecule has 0 aromatic heterocycles. The van der Waals surface area contributed by atoms with E-state index in [1.54, 1.807) is 26.0 Å². The number of quaternary nitrogens is 1. The van der Waals surface area contributed by atoms with Gasteiger partial charge < -0.3 is 30.2 Å². The van der Waals surface area contributed by atoms with Crippen molar-refractivity contribution in [1.29, 1.82) is 0 Å². The van der Waals surface area contributed by atoms with Crippen molar-refractivity contribution in [2.75, 3.05) is 13.4 Å². The predicted octanol–water partition coefficient (Wildman–Crippen LogP) is 1.64. The van der Waals surface area contributed by atoms with E-state index < -0.39 is 11.9 Å². The molecule has 2 aliphatic heterocycles. The van der Waals surface area contributed by atoms with Gasteiger partial charge in [-0.1, -0.05) is 0 Å². The number of Topliss-reactive ketones (excluding diaryl/α,β-unsaturated/α-hetero) is 1. The summed E-state index contributed by atoms with van der Waals surface area (Å²) in [5.41, 5.74) is 3.93. The number of esters is 1. The van der Waals surface area contributed by atoms with Crippen molar-refractivity contribution in [3.8, 4) is 11.5 Å². The Hall–Kier alpha value is -2.84. The summed E-state index contributed by atoms with van der Waals surface area (Å²) in [4.78, 5) is 25.7. The van der Waals surface area contributed by atoms with Gasteiger partial charge in [0, 0.05) is 35.0 Å². The molecule has 8 nitrogen and oxygen atoms in total. The molecule has 0 amide bonds. The van der Waals surface area contributed by atoms with Gasteiger partial charge in [0.15, 0.2) is 17.3 Å². The lowest BCUT2D eigenvalue weighted by molar-refractivity contribution is -0.497. The number of carbonyl (C=O) groups is 2. The minimum Gasteiger partial charge on any atom is -0.630 e. The van der Waals surface area contributed by atoms with Crippen LogP contribution in [-0.2, 0) is 14.3 Å². The zero-order valence-corrected chi connectivity index (χ0v) is 15.8. The summed E-state index contributed by atoms with van der Waals surface area (Å²) >= 11 is 0. The van der Waals surface area contributed by atoms with Crippen molar-refractivity contribution in [3.63, 3.8) is 0 Å². The predicted molar refractivity (Wildman–Crippen MR) is 98.6 cm³/mol. The molecule has 2 heterocycles. The smallest absolute Gasteiger partial charge is 0.336 e. The summed E-state index contributed by atoms with van der Waals surface area (Å²) in [6.45, 7) is 3.79. The third-order valence-corrected chi connectivity index (χ3v) is 5.29. The molecule has 1 aromatic rings. The quantitative estimate of drug-likeness (QED) is 0.459. The van der Waals surface area contributed by atoms with Crippen LogP contribution >= 0.6 is 0 Å². The highest BCUT2D eigenvalue weighted by molar-refractivity contribution is 6.04. The first-order chi connectivity index (χ1) is 13.5. The number of hydrogen-bond donors (Lipinski definition) is 2. The zero-order valence-electron chi connectivity index (χ0n) is 15.8. The lowest BCUT2D eigenvalue weighted by atomic mass is 9.74. The zero-order chi connectivity index (χ0) is 19.8. The van der Waals surface area contributed by atoms with E-state index in [0.717, 1.165) is 12.1 Å². The second-order valence-electron chi connectivity index (χ2n) is 6.94. The Kier molecular flexibility index (Phi) is 4.82. The van der Waals surface area contributed by atoms with Gasteiger partial charge in [-0.05, 0) is 32.8 Å². The number of benzene rings is 1. The highest BCUT2D eigenvalue weighted by Crippen LogP contribution is 2.47. The van der Waals surface area contributed by atoms with Crippen LogP contribution in [-0.4, -0.2) is 25.2 Å². The molecule has 148 valence electrons. The Morgan fingerprint density at radius 3 is 2.79 bits per heavy atom. The molecule has 3 aliphatic rings. The Morgan fingerprint density at radius 1 is 1.32 bits per heavy atom. The summed E-state index contributed by atoms with van der Waals surface area (Å²) in [5, 5.41) is 15.1. The molecule has 0 radical (unpaired) electrons. The number of nitrogens with one attached hydrogen (secondary N) is 1. The van der Waals surface area contributed by atoms with Crippen LogP contribution in [0.5, 0.6) is 11.5 Å². The Bertz CT molecular complexity index is 918. The minimum atomic E-state index is -0.683. The SMILES string of the molecule is CCOC(=O)C1=C(C)NC2=C(C(=O)CCC2)C1c1cc2c(cc1[NH2+][O-])OCO2. The second kappa shape index (κ2) is 7.29. The third-order valence-electron chi connectivity index (χ3n) is 5.29. The topological polar surface area (TPSA) is 114 Å². The molecular weight excluding hydrogens is 364 g/mol. The summed E-state index contributed by atoms with van der Waals surface area (Å²) in [7, 11) is 0. The molecule has 1 unspecified atom stereocenters. The molecule has 8 heteroatoms. The fourth-order valence-corrected chi connectivity index (χ4v) is 4.10. The number of dihydropyridines is 1. The molecular formula is C20H22N2O6. The Labute approximate surface area is 162 Å². The average Bonchev–Trinajstić information content (AvgIpc) is 3.13. The third kappa shape index (κ3) is 2.94. The summed E-state index contributed by atoms with van der Waals surface area (Å²) in [6, 6.07) is 3.29. The monoisotopic (exact) mass is 386 g/mol. The second-order valence-corrected chi connectivity index (χ2v) is 6.94. The van der Waals surface area contributed by atoms with E-state index in [9.17, 15) is 14.8 Å². The summed E-state index contributed by atoms with van der Waals surface area (Å²) in [6.07, 6.45) is 1.88. The van der Waals surface area contributed by atoms with E-state index in [1.807, 2.05) is 0 Å². The van der Waals surface area contributed by atoms with Crippen LogP contribution in [0.3, 0.4) is 0 Å². The van der Waals surface area contributed by atoms with Crippen molar-refractivity contribution in [2.24, 2.45) is 0 Å². The van der Waals surface area contributed by atoms with Crippen LogP contribution in [0.4, 0.5) is 5.69 Å². The standard InChI is InChI=1S/C20H22N2O6/c1-3-26-20(24)17-10(2)21-12-5-4-6-14(23)19(12)18(17)11-7-15-16(28-9-27-15)8-13(11)22-25/h7-8,18,21H,3-6,9,22H2,1-2H3. The van der Waals surface area contributed by atoms with Crippen molar-refractivity contribution >= 4 is 17.4 Å². The molecule has 28 heavy (non-hydrogen) atoms. The molecule has 0 saturated carbocycles. The van der Waals surface area contributed by atoms with Gasteiger partial charge in [0.1, 0.15) is 5.69 Å². The van der Waals surface area contributed by atoms with E-state index in [0.29, 0.717) is 57.9 Å². The Balaban J connectivity index is 1.93. The first kappa shape index (κ1) is 18.5. The van der Waals surface area contributed by atoms with Crippen molar-refractivity contribution < 1.29 is 29.3 Å². The van der Waals surface area contributed by atoms with Crippen LogP contribution in [0.1, 0.15) is 44.6 Å². The number of hydrogen-bond acceptors (Lipinski definition) is 7. The number of fused-ring (bicyclic) bond motifs is 1. The number of nitrogens with two attached hydrogens (primary N) is 1. The van der Waals surface area contributed by atoms with E-state index in [4.69, 9.17) is 14.2 Å². The highest BCUT2D eigenvalue weighted by Gasteiger charge is 2.41. The summed E-state index contributed by atoms with van der Waals surface area (Å²) < 4.78 is 16.1. The molecule has 3 N–H and O–H groups in total. The summed E-state index contributed by atoms with van der Waals surface area (Å²) in [5.74, 6) is -0.245. The van der Waals surface area contributed by atoms with Crippen LogP contribution in [0.2, 0.25) is 0 Å². The van der Waals surface area contributed by atoms with Gasteiger partial charge in [-0.25, -0.2) is 4.79 Å². The molecule has 0 saturated heterocycles. The molecule has 0 fully saturated rings. The number of ether oxygens (including phenoxy) is 3. The van der Waals surface area contributed by atoms with Crippen LogP contribution in [0.15, 0.2) is 34.7 Å². The maximum absolute atomic E-state index is 12.9. The first-order valence-corrected chi connectivity index (χ1v) is 9.35. The molecule has 1 atom stereocenters. The van der Waals surface area contributed by atoms with Gasteiger partial charge in [-0.15, -0.1) is 0 Å². The van der Waals surface area contributed by atoms with E-state index >= 15 is 0 Å². The van der Waals surface area contributed by atoms with Crippen molar-refractivity contribution in [1.82, 2.24) is 5.32 Å². The normalized spacial score (nSPS) is 20.8. The average molecular weight is 386 g/mol. The van der Waals surface area contributed by atoms with Crippen LogP contribution in [0.25, 0.3) is 0 Å². The van der Waals surface area contributed by atoms with E-state index in [-0.39, 0.29) is 19.2 Å². The fourth-order valence-electron chi connectivity index (χ4n) is 4.10. The minimum absolute atomic E-state index is 0.0254. The molecule has 4 rings (SSSR count). The van der Waals surface area contributed by atoms with Gasteiger partial charge in [0.25, 0.3) is 0 Å². The largest absolute Gasteiger partial charge is 0.630 e.